The van der Waals surface area contributed by atoms with Crippen molar-refractivity contribution in [3.05, 3.63) is 12.2 Å². The van der Waals surface area contributed by atoms with Gasteiger partial charge in [0.05, 0.1) is 12.0 Å². The zero-order valence-electron chi connectivity index (χ0n) is 15.7. The molecule has 0 aromatic heterocycles. The molecule has 0 radical (unpaired) electrons. The van der Waals surface area contributed by atoms with Crippen molar-refractivity contribution < 1.29 is 28.6 Å². The predicted molar refractivity (Wildman–Crippen MR) is 92.7 cm³/mol. The summed E-state index contributed by atoms with van der Waals surface area (Å²) in [7, 11) is 0. The number of rotatable bonds is 6. The van der Waals surface area contributed by atoms with Gasteiger partial charge in [-0.15, -0.1) is 0 Å². The van der Waals surface area contributed by atoms with Gasteiger partial charge in [-0.25, -0.2) is 0 Å². The van der Waals surface area contributed by atoms with Gasteiger partial charge < -0.3 is 14.2 Å². The molecule has 6 heteroatoms. The Hall–Kier alpha value is -1.85. The molecule has 4 atom stereocenters. The second-order valence-electron chi connectivity index (χ2n) is 6.63. The summed E-state index contributed by atoms with van der Waals surface area (Å²) < 4.78 is 16.0. The average Bonchev–Trinajstić information content (AvgIpc) is 2.50. The quantitative estimate of drug-likeness (QED) is 0.413. The summed E-state index contributed by atoms with van der Waals surface area (Å²) in [6.45, 7) is 6.30. The van der Waals surface area contributed by atoms with Crippen molar-refractivity contribution in [2.24, 2.45) is 5.92 Å². The summed E-state index contributed by atoms with van der Waals surface area (Å²) in [6.07, 6.45) is 7.66. The van der Waals surface area contributed by atoms with Crippen molar-refractivity contribution in [1.29, 1.82) is 0 Å². The molecule has 0 fully saturated rings. The molecule has 0 spiro atoms. The van der Waals surface area contributed by atoms with Gasteiger partial charge in [0.15, 0.2) is 0 Å². The number of ether oxygens (including phenoxy) is 3. The summed E-state index contributed by atoms with van der Waals surface area (Å²) in [5.74, 6) is -1.59. The molecule has 0 unspecified atom stereocenters. The molecule has 25 heavy (non-hydrogen) atoms. The highest BCUT2D eigenvalue weighted by molar-refractivity contribution is 5.74. The van der Waals surface area contributed by atoms with Gasteiger partial charge in [0, 0.05) is 13.8 Å². The van der Waals surface area contributed by atoms with Gasteiger partial charge in [-0.2, -0.15) is 0 Å². The Morgan fingerprint density at radius 2 is 2.04 bits per heavy atom. The minimum absolute atomic E-state index is 0.136. The van der Waals surface area contributed by atoms with E-state index in [-0.39, 0.29) is 24.1 Å². The second-order valence-corrected chi connectivity index (χ2v) is 6.63. The lowest BCUT2D eigenvalue weighted by molar-refractivity contribution is -0.161. The predicted octanol–water partition coefficient (Wildman–Crippen LogP) is 3.33. The summed E-state index contributed by atoms with van der Waals surface area (Å²) in [4.78, 5) is 34.5. The van der Waals surface area contributed by atoms with Crippen LogP contribution in [0.1, 0.15) is 66.2 Å². The Morgan fingerprint density at radius 3 is 2.68 bits per heavy atom. The van der Waals surface area contributed by atoms with Crippen molar-refractivity contribution >= 4 is 17.9 Å². The van der Waals surface area contributed by atoms with Crippen LogP contribution in [0.3, 0.4) is 0 Å². The van der Waals surface area contributed by atoms with Gasteiger partial charge in [0.2, 0.25) is 0 Å². The third-order valence-electron chi connectivity index (χ3n) is 4.18. The monoisotopic (exact) mass is 354 g/mol. The fourth-order valence-corrected chi connectivity index (χ4v) is 2.84. The Balaban J connectivity index is 2.57. The molecule has 6 nitrogen and oxygen atoms in total. The van der Waals surface area contributed by atoms with E-state index in [1.165, 1.54) is 13.8 Å². The number of allylic oxidation sites excluding steroid dienone is 1. The smallest absolute Gasteiger partial charge is 0.313 e. The van der Waals surface area contributed by atoms with E-state index in [4.69, 9.17) is 14.2 Å². The van der Waals surface area contributed by atoms with E-state index >= 15 is 0 Å². The molecule has 0 saturated heterocycles. The van der Waals surface area contributed by atoms with E-state index in [1.807, 2.05) is 13.0 Å². The molecule has 142 valence electrons. The van der Waals surface area contributed by atoms with Crippen molar-refractivity contribution in [2.45, 2.75) is 84.5 Å². The number of carbonyl (C=O) groups excluding carboxylic acids is 3. The first-order valence-corrected chi connectivity index (χ1v) is 9.01. The lowest BCUT2D eigenvalue weighted by atomic mass is 10.00. The highest BCUT2D eigenvalue weighted by atomic mass is 16.6. The molecule has 1 rings (SSSR count). The molecule has 1 heterocycles. The van der Waals surface area contributed by atoms with E-state index in [2.05, 4.69) is 0 Å². The number of cyclic esters (lactones) is 1. The van der Waals surface area contributed by atoms with E-state index in [9.17, 15) is 14.4 Å². The van der Waals surface area contributed by atoms with Crippen LogP contribution < -0.4 is 0 Å². The van der Waals surface area contributed by atoms with Crippen LogP contribution >= 0.6 is 0 Å². The molecule has 0 N–H and O–H groups in total. The van der Waals surface area contributed by atoms with E-state index in [1.54, 1.807) is 13.0 Å². The zero-order valence-corrected chi connectivity index (χ0v) is 15.7. The van der Waals surface area contributed by atoms with E-state index < -0.39 is 18.0 Å². The Bertz CT molecular complexity index is 484. The van der Waals surface area contributed by atoms with Crippen molar-refractivity contribution in [2.75, 3.05) is 0 Å². The molecule has 0 saturated carbocycles. The number of hydrogen-bond donors (Lipinski definition) is 0. The molecule has 0 amide bonds. The Labute approximate surface area is 149 Å². The van der Waals surface area contributed by atoms with Gasteiger partial charge >= 0.3 is 17.9 Å². The normalized spacial score (nSPS) is 26.9. The Kier molecular flexibility index (Phi) is 9.24. The van der Waals surface area contributed by atoms with E-state index in [0.29, 0.717) is 0 Å². The molecular formula is C19H30O6. The largest absolute Gasteiger partial charge is 0.463 e. The van der Waals surface area contributed by atoms with Crippen LogP contribution in [0.25, 0.3) is 0 Å². The SMILES string of the molecule is CC(=O)O[C@@H](C)CCC[C@@H]1CCC/C=C/[C@@H](OC(C)=O)[C@@H](C)C(=O)O1. The molecular weight excluding hydrogens is 324 g/mol. The number of hydrogen-bond acceptors (Lipinski definition) is 6. The minimum Gasteiger partial charge on any atom is -0.463 e. The lowest BCUT2D eigenvalue weighted by Gasteiger charge is -2.25. The maximum absolute atomic E-state index is 12.4. The maximum atomic E-state index is 12.4. The van der Waals surface area contributed by atoms with Gasteiger partial charge in [0.25, 0.3) is 0 Å². The first-order chi connectivity index (χ1) is 11.8. The molecule has 1 aliphatic rings. The molecule has 0 aromatic rings. The van der Waals surface area contributed by atoms with Crippen molar-refractivity contribution in [1.82, 2.24) is 0 Å². The number of esters is 3. The highest BCUT2D eigenvalue weighted by Crippen LogP contribution is 2.21. The lowest BCUT2D eigenvalue weighted by Crippen LogP contribution is -2.33. The standard InChI is InChI=1S/C19H30O6/c1-13(23-15(3)20)9-8-11-17-10-6-5-7-12-18(24-16(4)21)14(2)19(22)25-17/h7,12-14,17-18H,5-6,8-11H2,1-4H3/b12-7+/t13-,14+,17-,18+/m0/s1. The summed E-state index contributed by atoms with van der Waals surface area (Å²) in [5, 5.41) is 0. The highest BCUT2D eigenvalue weighted by Gasteiger charge is 2.28. The summed E-state index contributed by atoms with van der Waals surface area (Å²) in [5.41, 5.74) is 0. The minimum atomic E-state index is -0.590. The van der Waals surface area contributed by atoms with Gasteiger partial charge in [-0.05, 0) is 58.4 Å². The Morgan fingerprint density at radius 1 is 1.32 bits per heavy atom. The number of carbonyl (C=O) groups is 3. The molecule has 0 aromatic carbocycles. The first kappa shape index (κ1) is 21.2. The second kappa shape index (κ2) is 10.9. The summed E-state index contributed by atoms with van der Waals surface area (Å²) >= 11 is 0. The van der Waals surface area contributed by atoms with Crippen LogP contribution in [0.2, 0.25) is 0 Å². The summed E-state index contributed by atoms with van der Waals surface area (Å²) in [6, 6.07) is 0. The van der Waals surface area contributed by atoms with Gasteiger partial charge in [-0.3, -0.25) is 14.4 Å². The van der Waals surface area contributed by atoms with Gasteiger partial charge in [0.1, 0.15) is 12.2 Å². The van der Waals surface area contributed by atoms with Crippen molar-refractivity contribution in [3.8, 4) is 0 Å². The zero-order chi connectivity index (χ0) is 18.8. The topological polar surface area (TPSA) is 78.9 Å². The third kappa shape index (κ3) is 8.70. The van der Waals surface area contributed by atoms with Gasteiger partial charge in [-0.1, -0.05) is 6.08 Å². The fourth-order valence-electron chi connectivity index (χ4n) is 2.84. The van der Waals surface area contributed by atoms with Crippen LogP contribution in [-0.4, -0.2) is 36.2 Å². The van der Waals surface area contributed by atoms with Crippen LogP contribution in [0.15, 0.2) is 12.2 Å². The maximum Gasteiger partial charge on any atom is 0.313 e. The average molecular weight is 354 g/mol. The van der Waals surface area contributed by atoms with Crippen LogP contribution in [0.5, 0.6) is 0 Å². The molecule has 1 aliphatic heterocycles. The van der Waals surface area contributed by atoms with Crippen molar-refractivity contribution in [3.63, 3.8) is 0 Å². The van der Waals surface area contributed by atoms with E-state index in [0.717, 1.165) is 38.5 Å². The molecule has 0 aliphatic carbocycles. The fraction of sp³-hybridized carbons (Fsp3) is 0.737. The van der Waals surface area contributed by atoms with Crippen LogP contribution in [0, 0.1) is 5.92 Å². The van der Waals surface area contributed by atoms with Crippen LogP contribution in [-0.2, 0) is 28.6 Å². The third-order valence-corrected chi connectivity index (χ3v) is 4.18. The van der Waals surface area contributed by atoms with Crippen LogP contribution in [0.4, 0.5) is 0 Å². The molecule has 0 bridgehead atoms. The first-order valence-electron chi connectivity index (χ1n) is 9.01.